The Bertz CT molecular complexity index is 590. The molecule has 0 saturated heterocycles. The highest BCUT2D eigenvalue weighted by atomic mass is 35.5. The molecule has 20 heavy (non-hydrogen) atoms. The minimum absolute atomic E-state index is 0.586. The van der Waals surface area contributed by atoms with Crippen LogP contribution in [-0.4, -0.2) is 19.3 Å². The number of aryl methyl sites for hydroxylation is 1. The lowest BCUT2D eigenvalue weighted by atomic mass is 9.99. The van der Waals surface area contributed by atoms with Crippen LogP contribution in [0.2, 0.25) is 5.02 Å². The number of benzene rings is 2. The molecule has 1 atom stereocenters. The molecule has 3 nitrogen and oxygen atoms in total. The molecular weight excluding hydrogens is 276 g/mol. The lowest BCUT2D eigenvalue weighted by Crippen LogP contribution is -2.01. The molecule has 0 aliphatic carbocycles. The quantitative estimate of drug-likeness (QED) is 0.933. The van der Waals surface area contributed by atoms with Gasteiger partial charge >= 0.3 is 0 Å². The zero-order valence-corrected chi connectivity index (χ0v) is 12.4. The van der Waals surface area contributed by atoms with Gasteiger partial charge in [0.15, 0.2) is 11.5 Å². The third-order valence-corrected chi connectivity index (χ3v) is 3.32. The first-order chi connectivity index (χ1) is 9.55. The van der Waals surface area contributed by atoms with Gasteiger partial charge in [-0.05, 0) is 47.9 Å². The van der Waals surface area contributed by atoms with Crippen LogP contribution in [0.3, 0.4) is 0 Å². The van der Waals surface area contributed by atoms with Crippen molar-refractivity contribution in [1.82, 2.24) is 0 Å². The molecular formula is C16H17ClO3. The Hall–Kier alpha value is -1.71. The molecule has 0 amide bonds. The van der Waals surface area contributed by atoms with E-state index in [2.05, 4.69) is 0 Å². The molecule has 0 spiro atoms. The van der Waals surface area contributed by atoms with Crippen LogP contribution in [-0.2, 0) is 0 Å². The summed E-state index contributed by atoms with van der Waals surface area (Å²) in [6, 6.07) is 10.9. The summed E-state index contributed by atoms with van der Waals surface area (Å²) in [5.74, 6) is 1.22. The van der Waals surface area contributed by atoms with Crippen LogP contribution < -0.4 is 9.47 Å². The molecule has 2 rings (SSSR count). The van der Waals surface area contributed by atoms with Crippen LogP contribution in [0.15, 0.2) is 36.4 Å². The van der Waals surface area contributed by atoms with E-state index in [-0.39, 0.29) is 0 Å². The third-order valence-electron chi connectivity index (χ3n) is 3.10. The Kier molecular flexibility index (Phi) is 4.53. The molecule has 1 unspecified atom stereocenters. The van der Waals surface area contributed by atoms with Crippen LogP contribution in [0.4, 0.5) is 0 Å². The molecule has 0 saturated carbocycles. The Labute approximate surface area is 123 Å². The van der Waals surface area contributed by atoms with Crippen molar-refractivity contribution in [2.75, 3.05) is 14.2 Å². The Morgan fingerprint density at radius 2 is 1.65 bits per heavy atom. The first-order valence-corrected chi connectivity index (χ1v) is 6.60. The summed E-state index contributed by atoms with van der Waals surface area (Å²) >= 11 is 6.03. The van der Waals surface area contributed by atoms with E-state index in [0.717, 1.165) is 16.7 Å². The summed E-state index contributed by atoms with van der Waals surface area (Å²) in [7, 11) is 3.14. The van der Waals surface area contributed by atoms with Crippen molar-refractivity contribution in [3.63, 3.8) is 0 Å². The molecule has 0 aromatic heterocycles. The third kappa shape index (κ3) is 3.06. The maximum atomic E-state index is 10.5. The number of ether oxygens (including phenoxy) is 2. The van der Waals surface area contributed by atoms with Crippen LogP contribution in [0.1, 0.15) is 22.8 Å². The fourth-order valence-corrected chi connectivity index (χ4v) is 2.44. The zero-order valence-electron chi connectivity index (χ0n) is 11.7. The molecule has 0 fully saturated rings. The van der Waals surface area contributed by atoms with Gasteiger partial charge in [-0.25, -0.2) is 0 Å². The van der Waals surface area contributed by atoms with Crippen molar-refractivity contribution < 1.29 is 14.6 Å². The van der Waals surface area contributed by atoms with Crippen molar-refractivity contribution in [3.8, 4) is 11.5 Å². The molecule has 106 valence electrons. The van der Waals surface area contributed by atoms with E-state index in [1.807, 2.05) is 25.1 Å². The van der Waals surface area contributed by atoms with E-state index in [1.165, 1.54) is 0 Å². The maximum absolute atomic E-state index is 10.5. The van der Waals surface area contributed by atoms with Gasteiger partial charge in [0.2, 0.25) is 0 Å². The molecule has 2 aromatic carbocycles. The largest absolute Gasteiger partial charge is 0.493 e. The molecule has 4 heteroatoms. The topological polar surface area (TPSA) is 38.7 Å². The minimum Gasteiger partial charge on any atom is -0.493 e. The fourth-order valence-electron chi connectivity index (χ4n) is 2.14. The second-order valence-electron chi connectivity index (χ2n) is 4.58. The molecule has 0 radical (unpaired) electrons. The van der Waals surface area contributed by atoms with Crippen LogP contribution in [0.5, 0.6) is 11.5 Å². The number of methoxy groups -OCH3 is 2. The normalized spacial score (nSPS) is 12.1. The van der Waals surface area contributed by atoms with Crippen molar-refractivity contribution in [2.24, 2.45) is 0 Å². The smallest absolute Gasteiger partial charge is 0.161 e. The lowest BCUT2D eigenvalue weighted by Gasteiger charge is -2.15. The maximum Gasteiger partial charge on any atom is 0.161 e. The van der Waals surface area contributed by atoms with Gasteiger partial charge in [-0.3, -0.25) is 0 Å². The SMILES string of the molecule is COc1ccc(C(O)c2cc(C)cc(Cl)c2)cc1OC. The second-order valence-corrected chi connectivity index (χ2v) is 5.02. The molecule has 1 N–H and O–H groups in total. The highest BCUT2D eigenvalue weighted by molar-refractivity contribution is 6.30. The second kappa shape index (κ2) is 6.16. The number of halogens is 1. The first kappa shape index (κ1) is 14.7. The van der Waals surface area contributed by atoms with E-state index < -0.39 is 6.10 Å². The molecule has 2 aromatic rings. The molecule has 0 bridgehead atoms. The predicted molar refractivity (Wildman–Crippen MR) is 79.8 cm³/mol. The summed E-state index contributed by atoms with van der Waals surface area (Å²) < 4.78 is 10.4. The summed E-state index contributed by atoms with van der Waals surface area (Å²) in [5, 5.41) is 11.1. The van der Waals surface area contributed by atoms with Crippen LogP contribution in [0.25, 0.3) is 0 Å². The number of aliphatic hydroxyl groups excluding tert-OH is 1. The summed E-state index contributed by atoms with van der Waals surface area (Å²) in [5.41, 5.74) is 2.48. The number of hydrogen-bond donors (Lipinski definition) is 1. The zero-order chi connectivity index (χ0) is 14.7. The average Bonchev–Trinajstić information content (AvgIpc) is 2.44. The van der Waals surface area contributed by atoms with Crippen molar-refractivity contribution in [1.29, 1.82) is 0 Å². The summed E-state index contributed by atoms with van der Waals surface area (Å²) in [6.07, 6.45) is -0.757. The Morgan fingerprint density at radius 3 is 2.25 bits per heavy atom. The average molecular weight is 293 g/mol. The lowest BCUT2D eigenvalue weighted by molar-refractivity contribution is 0.219. The van der Waals surface area contributed by atoms with Gasteiger partial charge in [-0.2, -0.15) is 0 Å². The van der Waals surface area contributed by atoms with Gasteiger partial charge in [-0.1, -0.05) is 23.7 Å². The monoisotopic (exact) mass is 292 g/mol. The van der Waals surface area contributed by atoms with E-state index in [0.29, 0.717) is 16.5 Å². The van der Waals surface area contributed by atoms with E-state index in [4.69, 9.17) is 21.1 Å². The highest BCUT2D eigenvalue weighted by Crippen LogP contribution is 2.33. The first-order valence-electron chi connectivity index (χ1n) is 6.22. The number of aliphatic hydroxyl groups is 1. The van der Waals surface area contributed by atoms with Crippen LogP contribution >= 0.6 is 11.6 Å². The van der Waals surface area contributed by atoms with Crippen molar-refractivity contribution in [2.45, 2.75) is 13.0 Å². The van der Waals surface area contributed by atoms with Gasteiger partial charge in [0.05, 0.1) is 14.2 Å². The van der Waals surface area contributed by atoms with Gasteiger partial charge < -0.3 is 14.6 Å². The number of hydrogen-bond acceptors (Lipinski definition) is 3. The predicted octanol–water partition coefficient (Wildman–Crippen LogP) is 3.75. The van der Waals surface area contributed by atoms with Gasteiger partial charge in [0, 0.05) is 5.02 Å². The van der Waals surface area contributed by atoms with Gasteiger partial charge in [0.25, 0.3) is 0 Å². The molecule has 0 heterocycles. The highest BCUT2D eigenvalue weighted by Gasteiger charge is 2.14. The summed E-state index contributed by atoms with van der Waals surface area (Å²) in [4.78, 5) is 0. The summed E-state index contributed by atoms with van der Waals surface area (Å²) in [6.45, 7) is 1.94. The van der Waals surface area contributed by atoms with Gasteiger partial charge in [-0.15, -0.1) is 0 Å². The fraction of sp³-hybridized carbons (Fsp3) is 0.250. The van der Waals surface area contributed by atoms with Gasteiger partial charge in [0.1, 0.15) is 6.10 Å². The number of rotatable bonds is 4. The molecule has 0 aliphatic rings. The Morgan fingerprint density at radius 1 is 0.950 bits per heavy atom. The Balaban J connectivity index is 2.39. The van der Waals surface area contributed by atoms with Crippen molar-refractivity contribution >= 4 is 11.6 Å². The standard InChI is InChI=1S/C16H17ClO3/c1-10-6-12(8-13(17)7-10)16(18)11-4-5-14(19-2)15(9-11)20-3/h4-9,16,18H,1-3H3. The van der Waals surface area contributed by atoms with Crippen LogP contribution in [0, 0.1) is 6.92 Å². The van der Waals surface area contributed by atoms with E-state index in [1.54, 1.807) is 32.4 Å². The van der Waals surface area contributed by atoms with Crippen molar-refractivity contribution in [3.05, 3.63) is 58.1 Å². The molecule has 0 aliphatic heterocycles. The van der Waals surface area contributed by atoms with E-state index in [9.17, 15) is 5.11 Å². The van der Waals surface area contributed by atoms with E-state index >= 15 is 0 Å². The minimum atomic E-state index is -0.757.